The Kier molecular flexibility index (Phi) is 4.57. The van der Waals surface area contributed by atoms with Gasteiger partial charge in [0.25, 0.3) is 5.92 Å². The zero-order chi connectivity index (χ0) is 8.91. The van der Waals surface area contributed by atoms with E-state index >= 15 is 0 Å². The summed E-state index contributed by atoms with van der Waals surface area (Å²) in [6.07, 6.45) is 0.569. The first-order valence-electron chi connectivity index (χ1n) is 4.25. The minimum atomic E-state index is -2.45. The van der Waals surface area contributed by atoms with Crippen LogP contribution in [0.2, 0.25) is 0 Å². The molecule has 0 amide bonds. The Balaban J connectivity index is 0.000000461. The van der Waals surface area contributed by atoms with Gasteiger partial charge in [0.1, 0.15) is 0 Å². The van der Waals surface area contributed by atoms with Crippen molar-refractivity contribution in [2.24, 2.45) is 5.92 Å². The summed E-state index contributed by atoms with van der Waals surface area (Å²) in [5, 5.41) is 2.66. The maximum absolute atomic E-state index is 12.5. The quantitative estimate of drug-likeness (QED) is 0.628. The van der Waals surface area contributed by atoms with E-state index in [1.54, 1.807) is 6.92 Å². The Morgan fingerprint density at radius 2 is 2.00 bits per heavy atom. The van der Waals surface area contributed by atoms with Crippen LogP contribution < -0.4 is 5.32 Å². The van der Waals surface area contributed by atoms with Gasteiger partial charge in [-0.05, 0) is 6.42 Å². The van der Waals surface area contributed by atoms with Crippen molar-refractivity contribution in [3.63, 3.8) is 0 Å². The van der Waals surface area contributed by atoms with Gasteiger partial charge in [0.15, 0.2) is 0 Å². The van der Waals surface area contributed by atoms with Crippen molar-refractivity contribution >= 4 is 0 Å². The average molecular weight is 165 g/mol. The van der Waals surface area contributed by atoms with Crippen LogP contribution in [0.1, 0.15) is 27.2 Å². The molecule has 1 unspecified atom stereocenters. The SMILES string of the molecule is CC.CCC1CNCC1(F)F. The average Bonchev–Trinajstić information content (AvgIpc) is 2.33. The second-order valence-electron chi connectivity index (χ2n) is 2.50. The van der Waals surface area contributed by atoms with Crippen molar-refractivity contribution < 1.29 is 8.78 Å². The Labute approximate surface area is 67.2 Å². The Bertz CT molecular complexity index is 104. The first kappa shape index (κ1) is 10.8. The number of hydrogen-bond acceptors (Lipinski definition) is 1. The highest BCUT2D eigenvalue weighted by Crippen LogP contribution is 2.29. The first-order valence-corrected chi connectivity index (χ1v) is 4.25. The van der Waals surface area contributed by atoms with E-state index < -0.39 is 11.8 Å². The van der Waals surface area contributed by atoms with Crippen LogP contribution in [0.25, 0.3) is 0 Å². The van der Waals surface area contributed by atoms with E-state index in [0.717, 1.165) is 0 Å². The second-order valence-corrected chi connectivity index (χ2v) is 2.50. The molecule has 0 aromatic rings. The molecule has 0 aromatic heterocycles. The molecule has 0 bridgehead atoms. The third-order valence-corrected chi connectivity index (χ3v) is 1.84. The summed E-state index contributed by atoms with van der Waals surface area (Å²) >= 11 is 0. The Hall–Kier alpha value is -0.180. The lowest BCUT2D eigenvalue weighted by Crippen LogP contribution is -2.26. The summed E-state index contributed by atoms with van der Waals surface area (Å²) in [5.74, 6) is -2.88. The van der Waals surface area contributed by atoms with Crippen molar-refractivity contribution in [1.29, 1.82) is 0 Å². The monoisotopic (exact) mass is 165 g/mol. The minimum Gasteiger partial charge on any atom is -0.311 e. The first-order chi connectivity index (χ1) is 5.17. The largest absolute Gasteiger partial charge is 0.311 e. The standard InChI is InChI=1S/C6H11F2N.C2H6/c1-2-5-3-9-4-6(5,7)8;1-2/h5,9H,2-4H2,1H3;1-2H3. The molecule has 11 heavy (non-hydrogen) atoms. The van der Waals surface area contributed by atoms with E-state index in [2.05, 4.69) is 5.32 Å². The molecule has 0 spiro atoms. The van der Waals surface area contributed by atoms with Gasteiger partial charge in [-0.25, -0.2) is 8.78 Å². The van der Waals surface area contributed by atoms with Gasteiger partial charge >= 0.3 is 0 Å². The molecule has 1 aliphatic rings. The topological polar surface area (TPSA) is 12.0 Å². The molecule has 0 saturated carbocycles. The van der Waals surface area contributed by atoms with E-state index in [0.29, 0.717) is 13.0 Å². The number of hydrogen-bond donors (Lipinski definition) is 1. The van der Waals surface area contributed by atoms with E-state index in [-0.39, 0.29) is 6.54 Å². The lowest BCUT2D eigenvalue weighted by molar-refractivity contribution is -0.0226. The molecule has 1 N–H and O–H groups in total. The summed E-state index contributed by atoms with van der Waals surface area (Å²) in [6.45, 7) is 6.14. The molecule has 1 fully saturated rings. The fourth-order valence-electron chi connectivity index (χ4n) is 1.15. The smallest absolute Gasteiger partial charge is 0.264 e. The number of alkyl halides is 2. The van der Waals surface area contributed by atoms with Gasteiger partial charge in [-0.15, -0.1) is 0 Å². The van der Waals surface area contributed by atoms with Crippen molar-refractivity contribution in [3.05, 3.63) is 0 Å². The highest BCUT2D eigenvalue weighted by atomic mass is 19.3. The van der Waals surface area contributed by atoms with Gasteiger partial charge in [0.05, 0.1) is 6.54 Å². The molecule has 1 saturated heterocycles. The number of rotatable bonds is 1. The summed E-state index contributed by atoms with van der Waals surface area (Å²) in [6, 6.07) is 0. The second kappa shape index (κ2) is 4.65. The van der Waals surface area contributed by atoms with Crippen LogP contribution >= 0.6 is 0 Å². The predicted molar refractivity (Wildman–Crippen MR) is 42.9 cm³/mol. The van der Waals surface area contributed by atoms with Crippen LogP contribution in [0.3, 0.4) is 0 Å². The molecule has 1 aliphatic heterocycles. The van der Waals surface area contributed by atoms with Gasteiger partial charge in [0, 0.05) is 12.5 Å². The van der Waals surface area contributed by atoms with Crippen molar-refractivity contribution in [1.82, 2.24) is 5.32 Å². The van der Waals surface area contributed by atoms with Crippen LogP contribution in [0.5, 0.6) is 0 Å². The maximum atomic E-state index is 12.5. The van der Waals surface area contributed by atoms with E-state index in [4.69, 9.17) is 0 Å². The van der Waals surface area contributed by atoms with E-state index in [9.17, 15) is 8.78 Å². The maximum Gasteiger partial charge on any atom is 0.264 e. The molecule has 0 radical (unpaired) electrons. The van der Waals surface area contributed by atoms with Gasteiger partial charge in [-0.2, -0.15) is 0 Å². The zero-order valence-corrected chi connectivity index (χ0v) is 7.45. The lowest BCUT2D eigenvalue weighted by Gasteiger charge is -2.14. The molecule has 1 heterocycles. The van der Waals surface area contributed by atoms with Crippen LogP contribution in [-0.2, 0) is 0 Å². The predicted octanol–water partition coefficient (Wildman–Crippen LogP) is 2.28. The van der Waals surface area contributed by atoms with Gasteiger partial charge < -0.3 is 5.32 Å². The number of halogens is 2. The summed E-state index contributed by atoms with van der Waals surface area (Å²) in [7, 11) is 0. The van der Waals surface area contributed by atoms with E-state index in [1.165, 1.54) is 0 Å². The molecule has 3 heteroatoms. The van der Waals surface area contributed by atoms with Crippen LogP contribution in [0, 0.1) is 5.92 Å². The number of nitrogens with one attached hydrogen (secondary N) is 1. The molecule has 68 valence electrons. The Morgan fingerprint density at radius 1 is 1.45 bits per heavy atom. The van der Waals surface area contributed by atoms with Gasteiger partial charge in [-0.3, -0.25) is 0 Å². The minimum absolute atomic E-state index is 0.133. The molecule has 0 aliphatic carbocycles. The molecular formula is C8H17F2N. The summed E-state index contributed by atoms with van der Waals surface area (Å²) in [4.78, 5) is 0. The zero-order valence-electron chi connectivity index (χ0n) is 7.45. The summed E-state index contributed by atoms with van der Waals surface area (Å²) in [5.41, 5.74) is 0. The van der Waals surface area contributed by atoms with E-state index in [1.807, 2.05) is 13.8 Å². The normalized spacial score (nSPS) is 27.5. The Morgan fingerprint density at radius 3 is 2.18 bits per heavy atom. The highest BCUT2D eigenvalue weighted by molar-refractivity contribution is 4.86. The van der Waals surface area contributed by atoms with Crippen LogP contribution in [-0.4, -0.2) is 19.0 Å². The molecule has 1 atom stereocenters. The van der Waals surface area contributed by atoms with Gasteiger partial charge in [0.2, 0.25) is 0 Å². The fourth-order valence-corrected chi connectivity index (χ4v) is 1.15. The third kappa shape index (κ3) is 2.73. The third-order valence-electron chi connectivity index (χ3n) is 1.84. The van der Waals surface area contributed by atoms with Crippen molar-refractivity contribution in [3.8, 4) is 0 Å². The lowest BCUT2D eigenvalue weighted by atomic mass is 10.0. The fraction of sp³-hybridized carbons (Fsp3) is 1.00. The highest BCUT2D eigenvalue weighted by Gasteiger charge is 2.42. The molecule has 1 rings (SSSR count). The molecule has 0 aromatic carbocycles. The molecule has 1 nitrogen and oxygen atoms in total. The van der Waals surface area contributed by atoms with Crippen molar-refractivity contribution in [2.45, 2.75) is 33.1 Å². The molecular weight excluding hydrogens is 148 g/mol. The van der Waals surface area contributed by atoms with Gasteiger partial charge in [-0.1, -0.05) is 20.8 Å². The van der Waals surface area contributed by atoms with Crippen molar-refractivity contribution in [2.75, 3.05) is 13.1 Å². The van der Waals surface area contributed by atoms with Crippen LogP contribution in [0.4, 0.5) is 8.78 Å². The summed E-state index contributed by atoms with van der Waals surface area (Å²) < 4.78 is 25.1. The van der Waals surface area contributed by atoms with Crippen LogP contribution in [0.15, 0.2) is 0 Å².